The van der Waals surface area contributed by atoms with Gasteiger partial charge < -0.3 is 10.5 Å². The molecule has 27 heavy (non-hydrogen) atoms. The first kappa shape index (κ1) is 18.1. The predicted octanol–water partition coefficient (Wildman–Crippen LogP) is 4.69. The Morgan fingerprint density at radius 2 is 1.52 bits per heavy atom. The number of nitrogen functional groups attached to an aromatic ring is 1. The maximum Gasteiger partial charge on any atom is 0.341 e. The lowest BCUT2D eigenvalue weighted by Crippen LogP contribution is -2.12. The Balaban J connectivity index is 2.39. The summed E-state index contributed by atoms with van der Waals surface area (Å²) in [6.07, 6.45) is 0. The molecule has 0 unspecified atom stereocenters. The second-order valence-corrected chi connectivity index (χ2v) is 5.82. The van der Waals surface area contributed by atoms with Crippen LogP contribution < -0.4 is 5.73 Å². The minimum absolute atomic E-state index is 0.00873. The predicted molar refractivity (Wildman–Crippen MR) is 104 cm³/mol. The molecule has 3 rings (SSSR count). The van der Waals surface area contributed by atoms with Gasteiger partial charge in [0.15, 0.2) is 0 Å². The van der Waals surface area contributed by atoms with Gasteiger partial charge in [-0.3, -0.25) is 10.1 Å². The maximum atomic E-state index is 12.6. The Morgan fingerprint density at radius 3 is 2.00 bits per heavy atom. The van der Waals surface area contributed by atoms with Gasteiger partial charge in [-0.2, -0.15) is 0 Å². The van der Waals surface area contributed by atoms with Crippen LogP contribution in [-0.2, 0) is 4.74 Å². The van der Waals surface area contributed by atoms with E-state index in [4.69, 9.17) is 10.5 Å². The van der Waals surface area contributed by atoms with Crippen LogP contribution in [0.15, 0.2) is 66.7 Å². The summed E-state index contributed by atoms with van der Waals surface area (Å²) in [7, 11) is 0. The number of nitro groups is 1. The van der Waals surface area contributed by atoms with Crippen LogP contribution in [-0.4, -0.2) is 17.5 Å². The van der Waals surface area contributed by atoms with Crippen molar-refractivity contribution in [3.8, 4) is 22.3 Å². The molecule has 0 saturated carbocycles. The highest BCUT2D eigenvalue weighted by Gasteiger charge is 2.29. The lowest BCUT2D eigenvalue weighted by atomic mass is 9.91. The molecule has 6 nitrogen and oxygen atoms in total. The third kappa shape index (κ3) is 3.50. The number of carbonyl (C=O) groups is 1. The molecule has 3 aromatic rings. The van der Waals surface area contributed by atoms with Gasteiger partial charge in [0.25, 0.3) is 0 Å². The molecule has 0 bridgehead atoms. The molecule has 0 fully saturated rings. The van der Waals surface area contributed by atoms with Gasteiger partial charge in [0.05, 0.1) is 22.7 Å². The second kappa shape index (κ2) is 7.70. The van der Waals surface area contributed by atoms with E-state index in [-0.39, 0.29) is 23.5 Å². The smallest absolute Gasteiger partial charge is 0.341 e. The van der Waals surface area contributed by atoms with Crippen molar-refractivity contribution in [2.75, 3.05) is 12.3 Å². The fraction of sp³-hybridized carbons (Fsp3) is 0.0952. The normalized spacial score (nSPS) is 10.4. The molecule has 0 atom stereocenters. The topological polar surface area (TPSA) is 95.5 Å². The molecule has 0 aromatic heterocycles. The molecule has 0 spiro atoms. The van der Waals surface area contributed by atoms with E-state index in [1.807, 2.05) is 36.4 Å². The third-order valence-electron chi connectivity index (χ3n) is 4.17. The Labute approximate surface area is 156 Å². The standard InChI is InChI=1S/C21H18N2O4/c1-2-27-21(24)18-16(14-9-5-3-6-10-14)13-17(15-11-7-4-8-12-15)20(19(18)22)23(25)26/h3-13H,2,22H2,1H3. The molecular weight excluding hydrogens is 344 g/mol. The molecular formula is C21H18N2O4. The summed E-state index contributed by atoms with van der Waals surface area (Å²) < 4.78 is 5.11. The Morgan fingerprint density at radius 1 is 1.00 bits per heavy atom. The molecule has 2 N–H and O–H groups in total. The minimum Gasteiger partial charge on any atom is -0.462 e. The highest BCUT2D eigenvalue weighted by atomic mass is 16.6. The van der Waals surface area contributed by atoms with E-state index in [2.05, 4.69) is 0 Å². The third-order valence-corrected chi connectivity index (χ3v) is 4.17. The van der Waals surface area contributed by atoms with Crippen molar-refractivity contribution in [1.29, 1.82) is 0 Å². The first-order chi connectivity index (χ1) is 13.0. The van der Waals surface area contributed by atoms with Crippen molar-refractivity contribution in [2.24, 2.45) is 0 Å². The van der Waals surface area contributed by atoms with Gasteiger partial charge in [0, 0.05) is 0 Å². The zero-order valence-corrected chi connectivity index (χ0v) is 14.7. The van der Waals surface area contributed by atoms with Crippen molar-refractivity contribution >= 4 is 17.3 Å². The second-order valence-electron chi connectivity index (χ2n) is 5.82. The lowest BCUT2D eigenvalue weighted by molar-refractivity contribution is -0.383. The van der Waals surface area contributed by atoms with E-state index in [1.165, 1.54) is 0 Å². The van der Waals surface area contributed by atoms with Crippen LogP contribution in [0.3, 0.4) is 0 Å². The van der Waals surface area contributed by atoms with Gasteiger partial charge in [-0.15, -0.1) is 0 Å². The summed E-state index contributed by atoms with van der Waals surface area (Å²) in [5, 5.41) is 11.8. The summed E-state index contributed by atoms with van der Waals surface area (Å²) in [4.78, 5) is 23.8. The molecule has 0 heterocycles. The molecule has 6 heteroatoms. The summed E-state index contributed by atoms with van der Waals surface area (Å²) in [6.45, 7) is 1.81. The number of nitrogens with zero attached hydrogens (tertiary/aromatic N) is 1. The molecule has 0 aliphatic heterocycles. The molecule has 0 aliphatic rings. The Kier molecular flexibility index (Phi) is 5.17. The number of benzene rings is 3. The number of rotatable bonds is 5. The van der Waals surface area contributed by atoms with Crippen molar-refractivity contribution in [2.45, 2.75) is 6.92 Å². The minimum atomic E-state index is -0.684. The quantitative estimate of drug-likeness (QED) is 0.307. The van der Waals surface area contributed by atoms with Crippen molar-refractivity contribution in [1.82, 2.24) is 0 Å². The fourth-order valence-electron chi connectivity index (χ4n) is 3.00. The summed E-state index contributed by atoms with van der Waals surface area (Å²) in [5.41, 5.74) is 7.87. The van der Waals surface area contributed by atoms with Gasteiger partial charge in [0.1, 0.15) is 5.69 Å². The van der Waals surface area contributed by atoms with E-state index in [9.17, 15) is 14.9 Å². The average Bonchev–Trinajstić information content (AvgIpc) is 2.68. The molecule has 136 valence electrons. The highest BCUT2D eigenvalue weighted by molar-refractivity contribution is 6.07. The lowest BCUT2D eigenvalue weighted by Gasteiger charge is -2.15. The number of nitro benzene ring substituents is 1. The number of carbonyl (C=O) groups excluding carboxylic acids is 1. The average molecular weight is 362 g/mol. The monoisotopic (exact) mass is 362 g/mol. The molecule has 0 aliphatic carbocycles. The van der Waals surface area contributed by atoms with Gasteiger partial charge in [-0.25, -0.2) is 4.79 Å². The molecule has 3 aromatic carbocycles. The summed E-state index contributed by atoms with van der Waals surface area (Å²) >= 11 is 0. The van der Waals surface area contributed by atoms with E-state index in [1.54, 1.807) is 37.3 Å². The van der Waals surface area contributed by atoms with Crippen molar-refractivity contribution < 1.29 is 14.5 Å². The zero-order valence-electron chi connectivity index (χ0n) is 14.7. The SMILES string of the molecule is CCOC(=O)c1c(-c2ccccc2)cc(-c2ccccc2)c([N+](=O)[O-])c1N. The zero-order chi connectivity index (χ0) is 19.4. The fourth-order valence-corrected chi connectivity index (χ4v) is 3.00. The Bertz CT molecular complexity index is 986. The molecule has 0 saturated heterocycles. The highest BCUT2D eigenvalue weighted by Crippen LogP contribution is 2.42. The van der Waals surface area contributed by atoms with Gasteiger partial charge in [0.2, 0.25) is 0 Å². The molecule has 0 amide bonds. The number of hydrogen-bond acceptors (Lipinski definition) is 5. The number of esters is 1. The van der Waals surface area contributed by atoms with Crippen LogP contribution in [0.1, 0.15) is 17.3 Å². The first-order valence-corrected chi connectivity index (χ1v) is 8.43. The van der Waals surface area contributed by atoms with Crippen LogP contribution in [0.5, 0.6) is 0 Å². The number of nitrogens with two attached hydrogens (primary N) is 1. The van der Waals surface area contributed by atoms with Crippen LogP contribution in [0.25, 0.3) is 22.3 Å². The van der Waals surface area contributed by atoms with E-state index >= 15 is 0 Å². The number of anilines is 1. The largest absolute Gasteiger partial charge is 0.462 e. The van der Waals surface area contributed by atoms with Crippen LogP contribution in [0.2, 0.25) is 0 Å². The van der Waals surface area contributed by atoms with E-state index in [0.29, 0.717) is 16.7 Å². The van der Waals surface area contributed by atoms with E-state index < -0.39 is 10.9 Å². The summed E-state index contributed by atoms with van der Waals surface area (Å²) in [6, 6.07) is 19.7. The Hall–Kier alpha value is -3.67. The van der Waals surface area contributed by atoms with Gasteiger partial charge in [-0.05, 0) is 29.7 Å². The number of ether oxygens (including phenoxy) is 1. The van der Waals surface area contributed by atoms with E-state index in [0.717, 1.165) is 5.56 Å². The molecule has 0 radical (unpaired) electrons. The van der Waals surface area contributed by atoms with Crippen molar-refractivity contribution in [3.05, 3.63) is 82.4 Å². The van der Waals surface area contributed by atoms with Crippen LogP contribution in [0, 0.1) is 10.1 Å². The summed E-state index contributed by atoms with van der Waals surface area (Å²) in [5.74, 6) is -0.684. The van der Waals surface area contributed by atoms with Gasteiger partial charge in [-0.1, -0.05) is 60.7 Å². The van der Waals surface area contributed by atoms with Gasteiger partial charge >= 0.3 is 11.7 Å². The number of hydrogen-bond donors (Lipinski definition) is 1. The van der Waals surface area contributed by atoms with Crippen molar-refractivity contribution in [3.63, 3.8) is 0 Å². The first-order valence-electron chi connectivity index (χ1n) is 8.43. The van der Waals surface area contributed by atoms with Crippen LogP contribution in [0.4, 0.5) is 11.4 Å². The maximum absolute atomic E-state index is 12.6. The van der Waals surface area contributed by atoms with Crippen LogP contribution >= 0.6 is 0 Å².